The third-order valence-electron chi connectivity index (χ3n) is 2.96. The molecule has 6 nitrogen and oxygen atoms in total. The van der Waals surface area contributed by atoms with Crippen LogP contribution in [0.25, 0.3) is 0 Å². The van der Waals surface area contributed by atoms with E-state index in [0.29, 0.717) is 30.6 Å². The molecule has 1 saturated carbocycles. The number of ether oxygens (including phenoxy) is 2. The largest absolute Gasteiger partial charge is 0.471 e. The number of carbonyl (C=O) groups excluding carboxylic acids is 1. The quantitative estimate of drug-likeness (QED) is 0.824. The Morgan fingerprint density at radius 1 is 1.52 bits per heavy atom. The van der Waals surface area contributed by atoms with E-state index in [2.05, 4.69) is 15.2 Å². The topological polar surface area (TPSA) is 77.1 Å². The molecule has 0 amide bonds. The zero-order valence-corrected chi connectivity index (χ0v) is 13.1. The molecule has 0 spiro atoms. The van der Waals surface area contributed by atoms with Gasteiger partial charge in [-0.1, -0.05) is 0 Å². The van der Waals surface area contributed by atoms with Crippen molar-refractivity contribution in [2.45, 2.75) is 32.3 Å². The maximum atomic E-state index is 11.7. The van der Waals surface area contributed by atoms with Gasteiger partial charge in [0, 0.05) is 11.3 Å². The first-order valence-electron chi connectivity index (χ1n) is 6.55. The number of thiazole rings is 1. The Balaban J connectivity index is 0.00000161. The van der Waals surface area contributed by atoms with Crippen molar-refractivity contribution in [2.75, 3.05) is 6.61 Å². The summed E-state index contributed by atoms with van der Waals surface area (Å²) < 4.78 is 10.5. The van der Waals surface area contributed by atoms with Crippen LogP contribution >= 0.6 is 23.7 Å². The summed E-state index contributed by atoms with van der Waals surface area (Å²) in [5, 5.41) is 9.65. The van der Waals surface area contributed by atoms with Crippen LogP contribution in [0.5, 0.6) is 5.88 Å². The molecule has 0 bridgehead atoms. The number of halogens is 1. The Morgan fingerprint density at radius 3 is 3.05 bits per heavy atom. The van der Waals surface area contributed by atoms with Gasteiger partial charge in [0.2, 0.25) is 5.88 Å². The number of aromatic amines is 1. The summed E-state index contributed by atoms with van der Waals surface area (Å²) in [6.07, 6.45) is 3.88. The van der Waals surface area contributed by atoms with Crippen LogP contribution in [0.15, 0.2) is 11.6 Å². The van der Waals surface area contributed by atoms with Gasteiger partial charge in [-0.2, -0.15) is 5.10 Å². The monoisotopic (exact) mass is 329 g/mol. The van der Waals surface area contributed by atoms with Crippen molar-refractivity contribution in [2.24, 2.45) is 0 Å². The molecule has 0 radical (unpaired) electrons. The van der Waals surface area contributed by atoms with E-state index in [1.165, 1.54) is 24.0 Å². The number of nitrogens with zero attached hydrogens (tertiary/aromatic N) is 2. The third kappa shape index (κ3) is 3.74. The molecule has 0 aromatic carbocycles. The van der Waals surface area contributed by atoms with Crippen molar-refractivity contribution >= 4 is 29.7 Å². The Morgan fingerprint density at radius 2 is 2.33 bits per heavy atom. The Kier molecular flexibility index (Phi) is 5.19. The minimum atomic E-state index is -0.437. The van der Waals surface area contributed by atoms with E-state index in [1.54, 1.807) is 18.3 Å². The van der Waals surface area contributed by atoms with E-state index in [1.807, 2.05) is 5.38 Å². The molecule has 3 rings (SSSR count). The summed E-state index contributed by atoms with van der Waals surface area (Å²) in [7, 11) is 0. The summed E-state index contributed by atoms with van der Waals surface area (Å²) in [5.74, 6) is 0.536. The summed E-state index contributed by atoms with van der Waals surface area (Å²) >= 11 is 1.67. The summed E-state index contributed by atoms with van der Waals surface area (Å²) in [6, 6.07) is 0. The summed E-state index contributed by atoms with van der Waals surface area (Å²) in [4.78, 5) is 16.2. The molecule has 1 N–H and O–H groups in total. The van der Waals surface area contributed by atoms with Gasteiger partial charge in [-0.05, 0) is 19.8 Å². The van der Waals surface area contributed by atoms with Gasteiger partial charge in [0.05, 0.1) is 23.5 Å². The number of nitrogens with one attached hydrogen (secondary N) is 1. The van der Waals surface area contributed by atoms with E-state index < -0.39 is 5.97 Å². The van der Waals surface area contributed by atoms with Crippen LogP contribution in [0.4, 0.5) is 0 Å². The average Bonchev–Trinajstić information content (AvgIpc) is 3.01. The molecule has 0 atom stereocenters. The van der Waals surface area contributed by atoms with Crippen LogP contribution < -0.4 is 4.74 Å². The Labute approximate surface area is 132 Å². The van der Waals surface area contributed by atoms with Crippen LogP contribution in [0, 0.1) is 0 Å². The Hall–Kier alpha value is -1.60. The zero-order chi connectivity index (χ0) is 13.9. The molecule has 0 aliphatic heterocycles. The van der Waals surface area contributed by atoms with E-state index >= 15 is 0 Å². The predicted octanol–water partition coefficient (Wildman–Crippen LogP) is 2.92. The van der Waals surface area contributed by atoms with Crippen LogP contribution in [-0.2, 0) is 11.3 Å². The van der Waals surface area contributed by atoms with E-state index in [4.69, 9.17) is 9.47 Å². The maximum absolute atomic E-state index is 11.7. The van der Waals surface area contributed by atoms with Crippen molar-refractivity contribution in [1.29, 1.82) is 0 Å². The zero-order valence-electron chi connectivity index (χ0n) is 11.5. The molecule has 2 aromatic rings. The molecule has 21 heavy (non-hydrogen) atoms. The second-order valence-electron chi connectivity index (χ2n) is 4.57. The minimum Gasteiger partial charge on any atom is -0.471 e. The number of carbonyl (C=O) groups is 1. The number of hydrogen-bond donors (Lipinski definition) is 1. The molecule has 8 heteroatoms. The predicted molar refractivity (Wildman–Crippen MR) is 80.2 cm³/mol. The van der Waals surface area contributed by atoms with Crippen LogP contribution in [0.3, 0.4) is 0 Å². The maximum Gasteiger partial charge on any atom is 0.345 e. The Bertz CT molecular complexity index is 609. The average molecular weight is 330 g/mol. The number of aromatic nitrogens is 3. The fraction of sp³-hybridized carbons (Fsp3) is 0.462. The molecule has 2 heterocycles. The van der Waals surface area contributed by atoms with Crippen molar-refractivity contribution in [1.82, 2.24) is 15.2 Å². The van der Waals surface area contributed by atoms with Crippen molar-refractivity contribution in [3.05, 3.63) is 27.8 Å². The van der Waals surface area contributed by atoms with Gasteiger partial charge in [-0.25, -0.2) is 14.9 Å². The first-order valence-corrected chi connectivity index (χ1v) is 7.43. The molecule has 1 fully saturated rings. The highest BCUT2D eigenvalue weighted by molar-refractivity contribution is 7.09. The lowest BCUT2D eigenvalue weighted by Gasteiger charge is -2.04. The second-order valence-corrected chi connectivity index (χ2v) is 5.46. The highest BCUT2D eigenvalue weighted by Crippen LogP contribution is 2.41. The molecular weight excluding hydrogens is 314 g/mol. The van der Waals surface area contributed by atoms with E-state index in [9.17, 15) is 4.79 Å². The van der Waals surface area contributed by atoms with Gasteiger partial charge >= 0.3 is 5.97 Å². The highest BCUT2D eigenvalue weighted by Gasteiger charge is 2.26. The van der Waals surface area contributed by atoms with Crippen LogP contribution in [0.1, 0.15) is 46.7 Å². The molecule has 0 saturated heterocycles. The smallest absolute Gasteiger partial charge is 0.345 e. The van der Waals surface area contributed by atoms with E-state index in [0.717, 1.165) is 5.69 Å². The van der Waals surface area contributed by atoms with Gasteiger partial charge in [-0.3, -0.25) is 0 Å². The van der Waals surface area contributed by atoms with Gasteiger partial charge in [0.1, 0.15) is 12.2 Å². The number of rotatable bonds is 6. The highest BCUT2D eigenvalue weighted by atomic mass is 35.5. The van der Waals surface area contributed by atoms with Gasteiger partial charge in [0.25, 0.3) is 0 Å². The molecule has 0 unspecified atom stereocenters. The molecule has 1 aliphatic rings. The molecule has 114 valence electrons. The fourth-order valence-corrected chi connectivity index (χ4v) is 2.77. The lowest BCUT2D eigenvalue weighted by Crippen LogP contribution is -2.06. The lowest BCUT2D eigenvalue weighted by molar-refractivity contribution is 0.0521. The van der Waals surface area contributed by atoms with Gasteiger partial charge < -0.3 is 9.47 Å². The number of esters is 1. The molecular formula is C13H16ClN3O3S. The van der Waals surface area contributed by atoms with Crippen molar-refractivity contribution in [3.8, 4) is 5.88 Å². The normalized spacial score (nSPS) is 13.6. The first-order chi connectivity index (χ1) is 9.78. The fourth-order valence-electron chi connectivity index (χ4n) is 1.79. The van der Waals surface area contributed by atoms with E-state index in [-0.39, 0.29) is 12.4 Å². The minimum absolute atomic E-state index is 0. The third-order valence-corrected chi connectivity index (χ3v) is 4.02. The lowest BCUT2D eigenvalue weighted by atomic mass is 10.3. The van der Waals surface area contributed by atoms with Gasteiger partial charge in [0.15, 0.2) is 0 Å². The summed E-state index contributed by atoms with van der Waals surface area (Å²) in [5.41, 5.74) is 1.19. The number of hydrogen-bond acceptors (Lipinski definition) is 6. The standard InChI is InChI=1S/C13H15N3O3S.ClH/c1-2-18-13(17)10-5-14-16-11(10)19-6-9-7-20-12(15-9)8-3-4-8;/h5,7-8H,2-4,6H2,1H3,(H,14,16);1H. The molecule has 2 aromatic heterocycles. The number of H-pyrrole nitrogens is 1. The van der Waals surface area contributed by atoms with Crippen molar-refractivity contribution in [3.63, 3.8) is 0 Å². The second kappa shape index (κ2) is 6.91. The summed E-state index contributed by atoms with van der Waals surface area (Å²) in [6.45, 7) is 2.39. The van der Waals surface area contributed by atoms with Crippen LogP contribution in [0.2, 0.25) is 0 Å². The molecule has 1 aliphatic carbocycles. The van der Waals surface area contributed by atoms with Gasteiger partial charge in [-0.15, -0.1) is 23.7 Å². The SMILES string of the molecule is CCOC(=O)c1cn[nH]c1OCc1csc(C2CC2)n1.Cl. The van der Waals surface area contributed by atoms with Crippen molar-refractivity contribution < 1.29 is 14.3 Å². The van der Waals surface area contributed by atoms with Crippen LogP contribution in [-0.4, -0.2) is 27.8 Å². The first kappa shape index (κ1) is 15.8.